The third-order valence-corrected chi connectivity index (χ3v) is 2.62. The van der Waals surface area contributed by atoms with Crippen molar-refractivity contribution in [1.29, 1.82) is 5.26 Å². The molecule has 7 nitrogen and oxygen atoms in total. The number of nitrogens with one attached hydrogen (secondary N) is 2. The average molecular weight is 305 g/mol. The molecule has 0 radical (unpaired) electrons. The Kier molecular flexibility index (Phi) is 6.20. The Morgan fingerprint density at radius 3 is 2.45 bits per heavy atom. The molecule has 22 heavy (non-hydrogen) atoms. The first-order chi connectivity index (χ1) is 10.4. The van der Waals surface area contributed by atoms with Gasteiger partial charge in [-0.15, -0.1) is 0 Å². The molecular weight excluding hydrogens is 286 g/mol. The van der Waals surface area contributed by atoms with E-state index in [0.717, 1.165) is 0 Å². The van der Waals surface area contributed by atoms with Crippen molar-refractivity contribution >= 4 is 11.9 Å². The molecule has 1 atom stereocenters. The van der Waals surface area contributed by atoms with Crippen LogP contribution in [0, 0.1) is 11.3 Å². The van der Waals surface area contributed by atoms with Crippen LogP contribution in [-0.2, 0) is 4.79 Å². The van der Waals surface area contributed by atoms with Gasteiger partial charge >= 0.3 is 6.03 Å². The van der Waals surface area contributed by atoms with E-state index in [0.29, 0.717) is 17.1 Å². The van der Waals surface area contributed by atoms with Gasteiger partial charge in [0.25, 0.3) is 5.91 Å². The first-order valence-electron chi connectivity index (χ1n) is 6.73. The molecule has 118 valence electrons. The number of nitrogens with zero attached hydrogens (tertiary/aromatic N) is 1. The molecule has 0 spiro atoms. The summed E-state index contributed by atoms with van der Waals surface area (Å²) in [7, 11) is 1.43. The largest absolute Gasteiger partial charge is 0.493 e. The minimum Gasteiger partial charge on any atom is -0.493 e. The Morgan fingerprint density at radius 2 is 1.91 bits per heavy atom. The third kappa shape index (κ3) is 4.98. The van der Waals surface area contributed by atoms with E-state index in [1.807, 2.05) is 6.07 Å². The van der Waals surface area contributed by atoms with Crippen LogP contribution in [0.3, 0.4) is 0 Å². The number of hydrogen-bond acceptors (Lipinski definition) is 5. The van der Waals surface area contributed by atoms with Gasteiger partial charge in [0, 0.05) is 12.1 Å². The molecule has 0 aliphatic rings. The average Bonchev–Trinajstić information content (AvgIpc) is 2.46. The molecule has 0 unspecified atom stereocenters. The van der Waals surface area contributed by atoms with Gasteiger partial charge in [-0.1, -0.05) is 0 Å². The van der Waals surface area contributed by atoms with Gasteiger partial charge in [-0.05, 0) is 32.9 Å². The Morgan fingerprint density at radius 1 is 1.23 bits per heavy atom. The molecule has 1 rings (SSSR count). The number of methoxy groups -OCH3 is 1. The van der Waals surface area contributed by atoms with Crippen molar-refractivity contribution in [2.45, 2.75) is 32.9 Å². The molecule has 1 aromatic rings. The quantitative estimate of drug-likeness (QED) is 0.860. The van der Waals surface area contributed by atoms with Crippen molar-refractivity contribution in [2.75, 3.05) is 7.11 Å². The zero-order valence-corrected chi connectivity index (χ0v) is 13.0. The van der Waals surface area contributed by atoms with Crippen LogP contribution >= 0.6 is 0 Å². The lowest BCUT2D eigenvalue weighted by molar-refractivity contribution is -0.126. The number of urea groups is 1. The standard InChI is InChI=1S/C15H19N3O4/c1-9(2)17-15(20)18-14(19)10(3)22-12-6-5-11(8-16)7-13(12)21-4/h5-7,9-10H,1-4H3,(H2,17,18,19,20)/t10-/m0/s1. The highest BCUT2D eigenvalue weighted by Gasteiger charge is 2.19. The number of amides is 3. The minimum absolute atomic E-state index is 0.0809. The number of rotatable bonds is 5. The van der Waals surface area contributed by atoms with Crippen molar-refractivity contribution < 1.29 is 19.1 Å². The highest BCUT2D eigenvalue weighted by Crippen LogP contribution is 2.28. The first-order valence-corrected chi connectivity index (χ1v) is 6.73. The molecule has 7 heteroatoms. The van der Waals surface area contributed by atoms with E-state index in [1.54, 1.807) is 19.9 Å². The van der Waals surface area contributed by atoms with Gasteiger partial charge in [0.2, 0.25) is 0 Å². The lowest BCUT2D eigenvalue weighted by Gasteiger charge is -2.17. The van der Waals surface area contributed by atoms with E-state index in [1.165, 1.54) is 26.2 Å². The molecule has 0 aromatic heterocycles. The topological polar surface area (TPSA) is 100 Å². The number of nitriles is 1. The number of benzene rings is 1. The summed E-state index contributed by atoms with van der Waals surface area (Å²) in [5.41, 5.74) is 0.414. The van der Waals surface area contributed by atoms with Crippen LogP contribution in [0.25, 0.3) is 0 Å². The Bertz CT molecular complexity index is 593. The van der Waals surface area contributed by atoms with Gasteiger partial charge in [-0.2, -0.15) is 5.26 Å². The summed E-state index contributed by atoms with van der Waals surface area (Å²) in [6, 6.07) is 5.91. The molecular formula is C15H19N3O4. The lowest BCUT2D eigenvalue weighted by Crippen LogP contribution is -2.47. The van der Waals surface area contributed by atoms with E-state index < -0.39 is 18.0 Å². The lowest BCUT2D eigenvalue weighted by atomic mass is 10.2. The van der Waals surface area contributed by atoms with E-state index >= 15 is 0 Å². The number of imide groups is 1. The highest BCUT2D eigenvalue weighted by molar-refractivity contribution is 5.96. The Balaban J connectivity index is 2.72. The van der Waals surface area contributed by atoms with Crippen molar-refractivity contribution in [2.24, 2.45) is 0 Å². The second-order valence-electron chi connectivity index (χ2n) is 4.85. The molecule has 0 aliphatic carbocycles. The SMILES string of the molecule is COc1cc(C#N)ccc1O[C@@H](C)C(=O)NC(=O)NC(C)C. The van der Waals surface area contributed by atoms with Crippen molar-refractivity contribution in [3.05, 3.63) is 23.8 Å². The maximum Gasteiger partial charge on any atom is 0.321 e. The van der Waals surface area contributed by atoms with Gasteiger partial charge < -0.3 is 14.8 Å². The Hall–Kier alpha value is -2.75. The zero-order valence-electron chi connectivity index (χ0n) is 13.0. The fraction of sp³-hybridized carbons (Fsp3) is 0.400. The van der Waals surface area contributed by atoms with Crippen molar-refractivity contribution in [1.82, 2.24) is 10.6 Å². The van der Waals surface area contributed by atoms with E-state index in [9.17, 15) is 9.59 Å². The summed E-state index contributed by atoms with van der Waals surface area (Å²) < 4.78 is 10.6. The van der Waals surface area contributed by atoms with Gasteiger partial charge in [0.1, 0.15) is 0 Å². The van der Waals surface area contributed by atoms with Gasteiger partial charge in [-0.25, -0.2) is 4.79 Å². The van der Waals surface area contributed by atoms with Crippen molar-refractivity contribution in [3.8, 4) is 17.6 Å². The minimum atomic E-state index is -0.903. The summed E-state index contributed by atoms with van der Waals surface area (Å²) in [5, 5.41) is 13.6. The second kappa shape index (κ2) is 7.88. The summed E-state index contributed by atoms with van der Waals surface area (Å²) in [6.45, 7) is 5.08. The molecule has 0 fully saturated rings. The summed E-state index contributed by atoms with van der Waals surface area (Å²) >= 11 is 0. The normalized spacial score (nSPS) is 11.3. The van der Waals surface area contributed by atoms with Gasteiger partial charge in [-0.3, -0.25) is 10.1 Å². The summed E-state index contributed by atoms with van der Waals surface area (Å²) in [6.07, 6.45) is -0.903. The summed E-state index contributed by atoms with van der Waals surface area (Å²) in [5.74, 6) is 0.0725. The molecule has 0 heterocycles. The molecule has 0 bridgehead atoms. The first kappa shape index (κ1) is 17.3. The molecule has 1 aromatic carbocycles. The predicted octanol–water partition coefficient (Wildman–Crippen LogP) is 1.57. The fourth-order valence-corrected chi connectivity index (χ4v) is 1.59. The molecule has 3 amide bonds. The Labute approximate surface area is 129 Å². The molecule has 0 aliphatic heterocycles. The van der Waals surface area contributed by atoms with Crippen LogP contribution < -0.4 is 20.1 Å². The maximum absolute atomic E-state index is 11.9. The van der Waals surface area contributed by atoms with Gasteiger partial charge in [0.15, 0.2) is 17.6 Å². The predicted molar refractivity (Wildman–Crippen MR) is 79.6 cm³/mol. The van der Waals surface area contributed by atoms with Crippen LogP contribution in [0.15, 0.2) is 18.2 Å². The fourth-order valence-electron chi connectivity index (χ4n) is 1.59. The molecule has 2 N–H and O–H groups in total. The van der Waals surface area contributed by atoms with Crippen molar-refractivity contribution in [3.63, 3.8) is 0 Å². The van der Waals surface area contributed by atoms with Crippen LogP contribution in [0.5, 0.6) is 11.5 Å². The molecule has 0 saturated carbocycles. The van der Waals surface area contributed by atoms with Crippen LogP contribution in [-0.4, -0.2) is 31.2 Å². The highest BCUT2D eigenvalue weighted by atomic mass is 16.5. The maximum atomic E-state index is 11.9. The number of hydrogen-bond donors (Lipinski definition) is 2. The molecule has 0 saturated heterocycles. The smallest absolute Gasteiger partial charge is 0.321 e. The van der Waals surface area contributed by atoms with Crippen LogP contribution in [0.4, 0.5) is 4.79 Å². The third-order valence-electron chi connectivity index (χ3n) is 2.62. The van der Waals surface area contributed by atoms with Gasteiger partial charge in [0.05, 0.1) is 18.7 Å². The monoisotopic (exact) mass is 305 g/mol. The van der Waals surface area contributed by atoms with E-state index in [2.05, 4.69) is 10.6 Å². The number of carbonyl (C=O) groups excluding carboxylic acids is 2. The number of carbonyl (C=O) groups is 2. The van der Waals surface area contributed by atoms with Crippen LogP contribution in [0.1, 0.15) is 26.3 Å². The number of ether oxygens (including phenoxy) is 2. The van der Waals surface area contributed by atoms with E-state index in [-0.39, 0.29) is 6.04 Å². The van der Waals surface area contributed by atoms with E-state index in [4.69, 9.17) is 14.7 Å². The van der Waals surface area contributed by atoms with Crippen LogP contribution in [0.2, 0.25) is 0 Å². The summed E-state index contributed by atoms with van der Waals surface area (Å²) in [4.78, 5) is 23.3. The zero-order chi connectivity index (χ0) is 16.7. The second-order valence-corrected chi connectivity index (χ2v) is 4.85.